The topological polar surface area (TPSA) is 0 Å². The molecule has 0 unspecified atom stereocenters. The average molecular weight is 67.1 g/mol. The Hall–Kier alpha value is 0.169. The monoisotopic (exact) mass is 67.1 g/mol. The first-order chi connectivity index (χ1) is 1.73. The summed E-state index contributed by atoms with van der Waals surface area (Å²) in [6, 6.07) is 0. The fourth-order valence-corrected chi connectivity index (χ4v) is 0. The molecule has 1 heteroatoms. The minimum atomic E-state index is 0. The van der Waals surface area contributed by atoms with Crippen molar-refractivity contribution in [2.75, 3.05) is 0 Å². The summed E-state index contributed by atoms with van der Waals surface area (Å²) >= 11 is 0. The predicted octanol–water partition coefficient (Wildman–Crippen LogP) is 1.35. The van der Waals surface area contributed by atoms with Gasteiger partial charge in [-0.15, -0.1) is 0 Å². The summed E-state index contributed by atoms with van der Waals surface area (Å²) in [7, 11) is 0. The summed E-state index contributed by atoms with van der Waals surface area (Å²) in [6.07, 6.45) is 0. The van der Waals surface area contributed by atoms with Crippen molar-refractivity contribution in [2.24, 2.45) is 0 Å². The molecule has 0 N–H and O–H groups in total. The quantitative estimate of drug-likeness (QED) is 0.296. The third-order valence-electron chi connectivity index (χ3n) is 0. The van der Waals surface area contributed by atoms with E-state index in [-0.39, 0.29) is 11.5 Å². The van der Waals surface area contributed by atoms with Gasteiger partial charge in [-0.1, -0.05) is 0 Å². The summed E-state index contributed by atoms with van der Waals surface area (Å²) in [4.78, 5) is 0. The van der Waals surface area contributed by atoms with Gasteiger partial charge in [0.25, 0.3) is 0 Å². The molecule has 0 aromatic carbocycles. The van der Waals surface area contributed by atoms with Gasteiger partial charge >= 0.3 is 10.1 Å². The SMILES string of the molecule is C[C-](C)C.[Be+2].[H-]. The molecule has 0 spiro atoms. The molecule has 28 valence electrons. The number of hydrogen-bond donors (Lipinski definition) is 0. The van der Waals surface area contributed by atoms with Crippen molar-refractivity contribution >= 4 is 10.1 Å². The Morgan fingerprint density at radius 3 is 1.20 bits per heavy atom. The van der Waals surface area contributed by atoms with Crippen molar-refractivity contribution in [2.45, 2.75) is 20.8 Å². The van der Waals surface area contributed by atoms with Gasteiger partial charge in [-0.05, 0) is 0 Å². The molecule has 0 radical (unpaired) electrons. The summed E-state index contributed by atoms with van der Waals surface area (Å²) in [5.41, 5.74) is 0. The van der Waals surface area contributed by atoms with Gasteiger partial charge < -0.3 is 7.34 Å². The molecule has 0 amide bonds. The van der Waals surface area contributed by atoms with Crippen LogP contribution in [0, 0.1) is 5.92 Å². The normalized spacial score (nSPS) is 7.20. The van der Waals surface area contributed by atoms with Crippen LogP contribution in [0.3, 0.4) is 0 Å². The Morgan fingerprint density at radius 1 is 1.20 bits per heavy atom. The first-order valence-corrected chi connectivity index (χ1v) is 1.50. The van der Waals surface area contributed by atoms with Crippen molar-refractivity contribution in [3.63, 3.8) is 0 Å². The van der Waals surface area contributed by atoms with Crippen LogP contribution in [0.1, 0.15) is 22.2 Å². The number of hydrogen-bond acceptors (Lipinski definition) is 0. The van der Waals surface area contributed by atoms with Crippen LogP contribution in [0.2, 0.25) is 0 Å². The van der Waals surface area contributed by atoms with E-state index in [0.717, 1.165) is 0 Å². The van der Waals surface area contributed by atoms with Crippen LogP contribution in [-0.2, 0) is 0 Å². The third-order valence-corrected chi connectivity index (χ3v) is 0. The zero-order valence-corrected chi connectivity index (χ0v) is 4.21. The fraction of sp³-hybridized carbons (Fsp3) is 0.750. The Morgan fingerprint density at radius 2 is 1.20 bits per heavy atom. The molecular formula is C4H10Be. The Balaban J connectivity index is -0.0000000450. The number of rotatable bonds is 0. The smallest absolute Gasteiger partial charge is 1.00 e. The van der Waals surface area contributed by atoms with Crippen LogP contribution in [0.15, 0.2) is 0 Å². The van der Waals surface area contributed by atoms with Gasteiger partial charge in [-0.2, -0.15) is 20.8 Å². The molecule has 0 fully saturated rings. The van der Waals surface area contributed by atoms with E-state index in [1.165, 1.54) is 5.92 Å². The van der Waals surface area contributed by atoms with E-state index in [1.54, 1.807) is 0 Å². The first-order valence-electron chi connectivity index (χ1n) is 1.50. The van der Waals surface area contributed by atoms with Crippen molar-refractivity contribution < 1.29 is 1.43 Å². The van der Waals surface area contributed by atoms with Gasteiger partial charge in [-0.3, -0.25) is 0 Å². The third kappa shape index (κ3) is 688. The van der Waals surface area contributed by atoms with Crippen LogP contribution >= 0.6 is 0 Å². The summed E-state index contributed by atoms with van der Waals surface area (Å²) < 4.78 is 0. The average Bonchev–Trinajstić information content (AvgIpc) is 0.811. The maximum atomic E-state index is 2.08. The van der Waals surface area contributed by atoms with E-state index in [2.05, 4.69) is 20.8 Å². The first kappa shape index (κ1) is 8.95. The second-order valence-electron chi connectivity index (χ2n) is 1.50. The Bertz CT molecular complexity index is 12.3. The molecule has 0 aliphatic heterocycles. The van der Waals surface area contributed by atoms with Crippen molar-refractivity contribution in [1.29, 1.82) is 0 Å². The molecule has 0 rings (SSSR count). The Labute approximate surface area is 39.3 Å². The molecule has 0 saturated heterocycles. The maximum absolute atomic E-state index is 2.08. The van der Waals surface area contributed by atoms with E-state index in [9.17, 15) is 0 Å². The minimum absolute atomic E-state index is 0. The molecule has 0 bridgehead atoms. The van der Waals surface area contributed by atoms with Crippen LogP contribution in [0.4, 0.5) is 0 Å². The van der Waals surface area contributed by atoms with Gasteiger partial charge in [0.15, 0.2) is 0 Å². The van der Waals surface area contributed by atoms with Gasteiger partial charge in [-0.25, -0.2) is 0 Å². The second kappa shape index (κ2) is 4.17. The second-order valence-corrected chi connectivity index (χ2v) is 1.50. The molecule has 0 aromatic rings. The molecule has 0 aromatic heterocycles. The zero-order chi connectivity index (χ0) is 3.58. The standard InChI is InChI=1S/C4H9.Be.H/c1-4(2)3;;/h1-3H3;;/q-1;+2;-1. The van der Waals surface area contributed by atoms with Gasteiger partial charge in [0.2, 0.25) is 0 Å². The molecule has 0 saturated carbocycles. The molecule has 0 aliphatic rings. The van der Waals surface area contributed by atoms with E-state index in [4.69, 9.17) is 0 Å². The van der Waals surface area contributed by atoms with E-state index in [0.29, 0.717) is 0 Å². The predicted molar refractivity (Wildman–Crippen MR) is 27.1 cm³/mol. The summed E-state index contributed by atoms with van der Waals surface area (Å²) in [5.74, 6) is 1.42. The largest absolute Gasteiger partial charge is 2.00 e. The van der Waals surface area contributed by atoms with Gasteiger partial charge in [0, 0.05) is 0 Å². The van der Waals surface area contributed by atoms with Crippen LogP contribution < -0.4 is 0 Å². The molecule has 0 heterocycles. The van der Waals surface area contributed by atoms with Gasteiger partial charge in [0.05, 0.1) is 0 Å². The molecule has 0 nitrogen and oxygen atoms in total. The zero-order valence-electron chi connectivity index (χ0n) is 5.21. The molecule has 0 atom stereocenters. The van der Waals surface area contributed by atoms with Crippen LogP contribution in [-0.4, -0.2) is 10.1 Å². The summed E-state index contributed by atoms with van der Waals surface area (Å²) in [6.45, 7) is 6.25. The van der Waals surface area contributed by atoms with Crippen LogP contribution in [0.5, 0.6) is 0 Å². The molecule has 5 heavy (non-hydrogen) atoms. The van der Waals surface area contributed by atoms with E-state index < -0.39 is 0 Å². The summed E-state index contributed by atoms with van der Waals surface area (Å²) in [5, 5.41) is 0. The minimum Gasteiger partial charge on any atom is -1.00 e. The Kier molecular flexibility index (Phi) is 7.46. The molecule has 0 aliphatic carbocycles. The maximum Gasteiger partial charge on any atom is 2.00 e. The van der Waals surface area contributed by atoms with Crippen LogP contribution in [0.25, 0.3) is 0 Å². The molecular weight excluding hydrogens is 57.1 g/mol. The van der Waals surface area contributed by atoms with Crippen molar-refractivity contribution in [1.82, 2.24) is 0 Å². The van der Waals surface area contributed by atoms with E-state index >= 15 is 0 Å². The van der Waals surface area contributed by atoms with Gasteiger partial charge in [0.1, 0.15) is 0 Å². The fourth-order valence-electron chi connectivity index (χ4n) is 0. The van der Waals surface area contributed by atoms with Crippen molar-refractivity contribution in [3.05, 3.63) is 5.92 Å². The van der Waals surface area contributed by atoms with E-state index in [1.807, 2.05) is 0 Å². The van der Waals surface area contributed by atoms with Crippen molar-refractivity contribution in [3.8, 4) is 0 Å².